The molecule has 1 aliphatic rings. The number of carbonyl (C=O) groups is 1. The van der Waals surface area contributed by atoms with Gasteiger partial charge in [-0.15, -0.1) is 11.3 Å². The summed E-state index contributed by atoms with van der Waals surface area (Å²) in [6.45, 7) is 0.448. The second-order valence-electron chi connectivity index (χ2n) is 7.74. The van der Waals surface area contributed by atoms with Crippen molar-refractivity contribution in [2.75, 3.05) is 0 Å². The molecule has 0 amide bonds. The van der Waals surface area contributed by atoms with Crippen LogP contribution in [-0.2, 0) is 13.0 Å². The van der Waals surface area contributed by atoms with Crippen LogP contribution in [0, 0.1) is 0 Å². The molecule has 0 N–H and O–H groups in total. The zero-order chi connectivity index (χ0) is 21.7. The average molecular weight is 436 g/mol. The molecule has 6 rings (SSSR count). The second kappa shape index (κ2) is 7.35. The maximum Gasteiger partial charge on any atom is 0.258 e. The van der Waals surface area contributed by atoms with Crippen molar-refractivity contribution in [3.63, 3.8) is 0 Å². The molecule has 1 aliphatic carbocycles. The summed E-state index contributed by atoms with van der Waals surface area (Å²) < 4.78 is 1.75. The lowest BCUT2D eigenvalue weighted by molar-refractivity contribution is 0.104. The van der Waals surface area contributed by atoms with Crippen molar-refractivity contribution in [1.29, 1.82) is 0 Å². The highest BCUT2D eigenvalue weighted by Crippen LogP contribution is 2.39. The summed E-state index contributed by atoms with van der Waals surface area (Å²) in [6, 6.07) is 18.8. The molecule has 0 atom stereocenters. The minimum Gasteiger partial charge on any atom is -0.307 e. The molecule has 0 saturated heterocycles. The molecule has 0 saturated carbocycles. The predicted octanol–water partition coefficient (Wildman–Crippen LogP) is 4.97. The molecule has 0 bridgehead atoms. The summed E-state index contributed by atoms with van der Waals surface area (Å²) in [6.07, 6.45) is 4.13. The lowest BCUT2D eigenvalue weighted by Crippen LogP contribution is -2.24. The van der Waals surface area contributed by atoms with Gasteiger partial charge in [0.25, 0.3) is 5.56 Å². The highest BCUT2D eigenvalue weighted by Gasteiger charge is 2.32. The molecular weight excluding hydrogens is 418 g/mol. The predicted molar refractivity (Wildman–Crippen MR) is 126 cm³/mol. The van der Waals surface area contributed by atoms with Crippen LogP contribution in [0.3, 0.4) is 0 Å². The Morgan fingerprint density at radius 3 is 2.47 bits per heavy atom. The number of hydrogen-bond acceptors (Lipinski definition) is 5. The second-order valence-corrected chi connectivity index (χ2v) is 8.59. The number of thiazole rings is 1. The van der Waals surface area contributed by atoms with Crippen LogP contribution in [0.4, 0.5) is 0 Å². The van der Waals surface area contributed by atoms with Crippen molar-refractivity contribution >= 4 is 27.9 Å². The van der Waals surface area contributed by atoms with E-state index in [9.17, 15) is 9.59 Å². The van der Waals surface area contributed by atoms with Gasteiger partial charge in [-0.3, -0.25) is 14.6 Å². The quantitative estimate of drug-likeness (QED) is 0.392. The van der Waals surface area contributed by atoms with Crippen LogP contribution in [0.25, 0.3) is 32.6 Å². The van der Waals surface area contributed by atoms with Crippen molar-refractivity contribution in [2.24, 2.45) is 0 Å². The van der Waals surface area contributed by atoms with E-state index in [0.717, 1.165) is 32.9 Å². The molecule has 3 heterocycles. The third-order valence-corrected chi connectivity index (χ3v) is 6.82. The molecule has 154 valence electrons. The van der Waals surface area contributed by atoms with E-state index in [0.29, 0.717) is 29.5 Å². The first-order chi connectivity index (χ1) is 15.7. The topological polar surface area (TPSA) is 64.8 Å². The Morgan fingerprint density at radius 1 is 0.875 bits per heavy atom. The van der Waals surface area contributed by atoms with Gasteiger partial charge in [-0.2, -0.15) is 0 Å². The van der Waals surface area contributed by atoms with Crippen LogP contribution < -0.4 is 5.56 Å². The van der Waals surface area contributed by atoms with E-state index in [4.69, 9.17) is 4.98 Å². The molecule has 0 aliphatic heterocycles. The first kappa shape index (κ1) is 18.8. The lowest BCUT2D eigenvalue weighted by Gasteiger charge is -2.14. The third-order valence-electron chi connectivity index (χ3n) is 5.88. The number of nitrogens with zero attached hydrogens (tertiary/aromatic N) is 3. The summed E-state index contributed by atoms with van der Waals surface area (Å²) >= 11 is 1.57. The fourth-order valence-corrected chi connectivity index (χ4v) is 5.26. The van der Waals surface area contributed by atoms with Gasteiger partial charge < -0.3 is 4.57 Å². The number of fused-ring (bicyclic) bond motifs is 5. The molecule has 32 heavy (non-hydrogen) atoms. The molecule has 5 nitrogen and oxygen atoms in total. The Labute approximate surface area is 187 Å². The Bertz CT molecular complexity index is 1570. The Kier molecular flexibility index (Phi) is 4.33. The SMILES string of the molecule is O=C1c2ccccc2-c2c1c1ccccc1c(=O)n2CCc1csc(-c2cccnc2)n1. The van der Waals surface area contributed by atoms with Crippen LogP contribution in [0.5, 0.6) is 0 Å². The molecule has 3 aromatic heterocycles. The zero-order valence-corrected chi connectivity index (χ0v) is 17.8. The van der Waals surface area contributed by atoms with Gasteiger partial charge in [0.05, 0.1) is 17.0 Å². The number of hydrogen-bond donors (Lipinski definition) is 0. The van der Waals surface area contributed by atoms with Crippen LogP contribution in [-0.4, -0.2) is 20.3 Å². The summed E-state index contributed by atoms with van der Waals surface area (Å²) in [5.74, 6) is -0.0203. The number of carbonyl (C=O) groups excluding carboxylic acids is 1. The van der Waals surface area contributed by atoms with E-state index in [2.05, 4.69) is 4.98 Å². The van der Waals surface area contributed by atoms with Crippen LogP contribution >= 0.6 is 11.3 Å². The fourth-order valence-electron chi connectivity index (χ4n) is 4.41. The van der Waals surface area contributed by atoms with Gasteiger partial charge in [-0.25, -0.2) is 4.98 Å². The van der Waals surface area contributed by atoms with Gasteiger partial charge in [0.15, 0.2) is 5.78 Å². The number of aryl methyl sites for hydroxylation is 1. The smallest absolute Gasteiger partial charge is 0.258 e. The van der Waals surface area contributed by atoms with Gasteiger partial charge in [0.2, 0.25) is 0 Å². The first-order valence-electron chi connectivity index (χ1n) is 10.4. The summed E-state index contributed by atoms with van der Waals surface area (Å²) in [5, 5.41) is 4.22. The standard InChI is InChI=1S/C26H17N3O2S/c30-24-20-9-3-2-8-19(20)23-22(24)18-7-1-4-10-21(18)26(31)29(23)13-11-17-15-32-25(28-17)16-6-5-12-27-14-16/h1-10,12,14-15H,11,13H2. The highest BCUT2D eigenvalue weighted by molar-refractivity contribution is 7.13. The van der Waals surface area contributed by atoms with Crippen molar-refractivity contribution in [1.82, 2.24) is 14.5 Å². The molecule has 0 radical (unpaired) electrons. The van der Waals surface area contributed by atoms with E-state index in [1.807, 2.05) is 60.0 Å². The Hall–Kier alpha value is -3.90. The number of benzene rings is 2. The largest absolute Gasteiger partial charge is 0.307 e. The molecule has 6 heteroatoms. The Balaban J connectivity index is 1.46. The molecule has 0 unspecified atom stereocenters. The number of pyridine rings is 2. The van der Waals surface area contributed by atoms with E-state index < -0.39 is 0 Å². The van der Waals surface area contributed by atoms with Crippen LogP contribution in [0.2, 0.25) is 0 Å². The van der Waals surface area contributed by atoms with Crippen LogP contribution in [0.15, 0.2) is 83.2 Å². The van der Waals surface area contributed by atoms with Crippen molar-refractivity contribution in [3.8, 4) is 21.8 Å². The van der Waals surface area contributed by atoms with Crippen molar-refractivity contribution in [3.05, 3.63) is 106 Å². The van der Waals surface area contributed by atoms with E-state index in [1.54, 1.807) is 34.4 Å². The zero-order valence-electron chi connectivity index (χ0n) is 17.0. The molecule has 0 fully saturated rings. The average Bonchev–Trinajstić information content (AvgIpc) is 3.43. The van der Waals surface area contributed by atoms with Gasteiger partial charge >= 0.3 is 0 Å². The monoisotopic (exact) mass is 435 g/mol. The van der Waals surface area contributed by atoms with Crippen LogP contribution in [0.1, 0.15) is 21.6 Å². The number of rotatable bonds is 4. The molecular formula is C26H17N3O2S. The number of ketones is 1. The van der Waals surface area contributed by atoms with Crippen molar-refractivity contribution < 1.29 is 4.79 Å². The normalized spacial score (nSPS) is 12.2. The third kappa shape index (κ3) is 2.84. The maximum absolute atomic E-state index is 13.5. The van der Waals surface area contributed by atoms with E-state index in [-0.39, 0.29) is 11.3 Å². The number of aromatic nitrogens is 3. The lowest BCUT2D eigenvalue weighted by atomic mass is 10.0. The summed E-state index contributed by atoms with van der Waals surface area (Å²) in [4.78, 5) is 35.6. The maximum atomic E-state index is 13.5. The van der Waals surface area contributed by atoms with E-state index >= 15 is 0 Å². The van der Waals surface area contributed by atoms with Gasteiger partial charge in [0.1, 0.15) is 5.01 Å². The summed E-state index contributed by atoms with van der Waals surface area (Å²) in [5.41, 5.74) is 4.64. The van der Waals surface area contributed by atoms with Crippen molar-refractivity contribution in [2.45, 2.75) is 13.0 Å². The van der Waals surface area contributed by atoms with Gasteiger partial charge in [-0.1, -0.05) is 42.5 Å². The van der Waals surface area contributed by atoms with E-state index in [1.165, 1.54) is 0 Å². The van der Waals surface area contributed by atoms with Gasteiger partial charge in [-0.05, 0) is 18.2 Å². The first-order valence-corrected chi connectivity index (χ1v) is 11.2. The Morgan fingerprint density at radius 2 is 1.66 bits per heavy atom. The molecule has 2 aromatic carbocycles. The fraction of sp³-hybridized carbons (Fsp3) is 0.0769. The summed E-state index contributed by atoms with van der Waals surface area (Å²) in [7, 11) is 0. The molecule has 5 aromatic rings. The van der Waals surface area contributed by atoms with Gasteiger partial charge in [0, 0.05) is 58.2 Å². The highest BCUT2D eigenvalue weighted by atomic mass is 32.1. The minimum absolute atomic E-state index is 0.0203. The molecule has 0 spiro atoms. The minimum atomic E-state index is -0.0773.